The first kappa shape index (κ1) is 55.8. The molecule has 72 heavy (non-hydrogen) atoms. The summed E-state index contributed by atoms with van der Waals surface area (Å²) in [6.45, 7) is 23.4. The van der Waals surface area contributed by atoms with E-state index in [4.69, 9.17) is 14.6 Å². The summed E-state index contributed by atoms with van der Waals surface area (Å²) in [5.41, 5.74) is 4.99. The molecule has 2 atom stereocenters. The normalized spacial score (nSPS) is 12.6. The Balaban J connectivity index is 0.000000268. The summed E-state index contributed by atoms with van der Waals surface area (Å²) in [5.74, 6) is -1.78. The van der Waals surface area contributed by atoms with Gasteiger partial charge in [0.05, 0.1) is 10.0 Å². The van der Waals surface area contributed by atoms with Crippen LogP contribution in [0.5, 0.6) is 0 Å². The molecule has 0 radical (unpaired) electrons. The van der Waals surface area contributed by atoms with Crippen molar-refractivity contribution in [1.29, 1.82) is 0 Å². The van der Waals surface area contributed by atoms with Gasteiger partial charge in [-0.05, 0) is 115 Å². The molecule has 0 fully saturated rings. The summed E-state index contributed by atoms with van der Waals surface area (Å²) in [6.07, 6.45) is 6.40. The summed E-state index contributed by atoms with van der Waals surface area (Å²) in [6, 6.07) is 27.9. The van der Waals surface area contributed by atoms with E-state index in [1.54, 1.807) is 69.6 Å². The number of carboxylic acids is 1. The van der Waals surface area contributed by atoms with Gasteiger partial charge in [0.2, 0.25) is 0 Å². The monoisotopic (exact) mass is 1040 g/mol. The molecule has 0 saturated carbocycles. The third-order valence-corrected chi connectivity index (χ3v) is 11.3. The number of carboxylic acid groups (broad SMARTS) is 1. The molecule has 2 aromatic heterocycles. The first-order valence-corrected chi connectivity index (χ1v) is 24.3. The largest absolute Gasteiger partial charge is 0.478 e. The van der Waals surface area contributed by atoms with Gasteiger partial charge in [0.15, 0.2) is 11.6 Å². The van der Waals surface area contributed by atoms with Crippen LogP contribution in [0, 0.1) is 0 Å². The first-order chi connectivity index (χ1) is 33.5. The molecule has 0 aliphatic heterocycles. The summed E-state index contributed by atoms with van der Waals surface area (Å²) < 4.78 is 12.0. The fourth-order valence-electron chi connectivity index (χ4n) is 6.96. The Morgan fingerprint density at radius 1 is 0.486 bits per heavy atom. The molecular formula is C57H65BrN6O8. The van der Waals surface area contributed by atoms with E-state index in [0.717, 1.165) is 32.3 Å². The van der Waals surface area contributed by atoms with Gasteiger partial charge in [-0.1, -0.05) is 114 Å². The van der Waals surface area contributed by atoms with E-state index in [1.165, 1.54) is 12.4 Å². The van der Waals surface area contributed by atoms with Gasteiger partial charge in [0.1, 0.15) is 23.3 Å². The second-order valence-corrected chi connectivity index (χ2v) is 22.3. The fourth-order valence-corrected chi connectivity index (χ4v) is 7.16. The fraction of sp³-hybridized carbons (Fsp3) is 0.351. The topological polar surface area (TPSA) is 200 Å². The average Bonchev–Trinajstić information content (AvgIpc) is 3.30. The zero-order valence-corrected chi connectivity index (χ0v) is 44.7. The van der Waals surface area contributed by atoms with Gasteiger partial charge in [-0.15, -0.1) is 0 Å². The number of amides is 2. The number of hydrogen-bond donors (Lipinski definition) is 3. The van der Waals surface area contributed by atoms with Crippen LogP contribution in [0.15, 0.2) is 126 Å². The van der Waals surface area contributed by atoms with Gasteiger partial charge in [-0.2, -0.15) is 0 Å². The van der Waals surface area contributed by atoms with Gasteiger partial charge in [-0.3, -0.25) is 9.59 Å². The van der Waals surface area contributed by atoms with Crippen molar-refractivity contribution in [3.63, 3.8) is 0 Å². The Bertz CT molecular complexity index is 2810. The Morgan fingerprint density at radius 3 is 1.10 bits per heavy atom. The first-order valence-electron chi connectivity index (χ1n) is 23.5. The van der Waals surface area contributed by atoms with Crippen molar-refractivity contribution in [2.75, 3.05) is 0 Å². The minimum absolute atomic E-state index is 0.00404. The quantitative estimate of drug-likeness (QED) is 0.0926. The predicted octanol–water partition coefficient (Wildman–Crippen LogP) is 10.7. The second-order valence-electron chi connectivity index (χ2n) is 21.4. The summed E-state index contributed by atoms with van der Waals surface area (Å²) in [5, 5.41) is 14.7. The number of ether oxygens (including phenoxy) is 2. The second kappa shape index (κ2) is 23.4. The van der Waals surface area contributed by atoms with Crippen LogP contribution < -0.4 is 10.6 Å². The Labute approximate surface area is 431 Å². The van der Waals surface area contributed by atoms with Gasteiger partial charge < -0.3 is 25.2 Å². The number of esters is 2. The van der Waals surface area contributed by atoms with Crippen molar-refractivity contribution in [1.82, 2.24) is 30.6 Å². The number of halogens is 1. The van der Waals surface area contributed by atoms with E-state index in [9.17, 15) is 24.0 Å². The van der Waals surface area contributed by atoms with Crippen LogP contribution in [0.2, 0.25) is 0 Å². The molecule has 0 spiro atoms. The van der Waals surface area contributed by atoms with Crippen molar-refractivity contribution >= 4 is 45.7 Å². The van der Waals surface area contributed by atoms with Crippen LogP contribution in [-0.4, -0.2) is 78.1 Å². The van der Waals surface area contributed by atoms with Crippen molar-refractivity contribution in [3.05, 3.63) is 165 Å². The molecule has 0 aliphatic rings. The Kier molecular flexibility index (Phi) is 18.1. The Morgan fingerprint density at radius 2 is 0.806 bits per heavy atom. The third-order valence-electron chi connectivity index (χ3n) is 10.8. The highest BCUT2D eigenvalue weighted by Crippen LogP contribution is 2.25. The molecule has 6 rings (SSSR count). The minimum Gasteiger partial charge on any atom is -0.478 e. The van der Waals surface area contributed by atoms with E-state index in [1.807, 2.05) is 81.4 Å². The number of nitrogens with one attached hydrogen (secondary N) is 2. The number of carbonyl (C=O) groups is 5. The molecule has 0 saturated heterocycles. The molecule has 14 nitrogen and oxygen atoms in total. The lowest BCUT2D eigenvalue weighted by atomic mass is 9.86. The van der Waals surface area contributed by atoms with Crippen LogP contribution in [-0.2, 0) is 42.7 Å². The van der Waals surface area contributed by atoms with Gasteiger partial charge in [0.25, 0.3) is 11.8 Å². The van der Waals surface area contributed by atoms with E-state index in [2.05, 4.69) is 88.0 Å². The van der Waals surface area contributed by atoms with Crippen LogP contribution in [0.1, 0.15) is 136 Å². The number of benzene rings is 4. The van der Waals surface area contributed by atoms with Crippen molar-refractivity contribution in [3.8, 4) is 22.8 Å². The summed E-state index contributed by atoms with van der Waals surface area (Å²) in [4.78, 5) is 79.8. The molecule has 0 unspecified atom stereocenters. The lowest BCUT2D eigenvalue weighted by Crippen LogP contribution is -2.45. The van der Waals surface area contributed by atoms with Gasteiger partial charge >= 0.3 is 17.9 Å². The smallest absolute Gasteiger partial charge is 0.338 e. The van der Waals surface area contributed by atoms with Crippen molar-refractivity contribution in [2.24, 2.45) is 0 Å². The molecule has 0 aliphatic carbocycles. The van der Waals surface area contributed by atoms with Crippen LogP contribution >= 0.6 is 15.9 Å². The summed E-state index contributed by atoms with van der Waals surface area (Å²) in [7, 11) is 0. The number of hydrogen-bond acceptors (Lipinski definition) is 11. The lowest BCUT2D eigenvalue weighted by molar-refractivity contribution is -0.158. The maximum atomic E-state index is 13.0. The third kappa shape index (κ3) is 17.0. The number of aromatic carboxylic acids is 1. The molecule has 3 N–H and O–H groups in total. The van der Waals surface area contributed by atoms with Crippen LogP contribution in [0.25, 0.3) is 22.8 Å². The molecule has 2 heterocycles. The highest BCUT2D eigenvalue weighted by Gasteiger charge is 2.29. The standard InChI is InChI=1S/C29H33N3O5.C28H32BrN3O3/c1-28(2,3)22-13-11-20(12-14-22)25(33)32-23(27(36)37-29(4,5)6)15-18-7-9-19(10-8-18)24-30-16-21(17-31-24)26(34)35;1-27(2,3)21-13-11-20(12-14-21)25(33)32-23(26(34)35-28(4,5)6)15-18-7-9-19(10-8-18)24-30-16-22(29)17-31-24/h7-14,16-17,23H,15H2,1-6H3,(H,32,33)(H,34,35);7-14,16-17,23H,15H2,1-6H3,(H,32,33)/t2*23-/m00/s1. The molecule has 2 amide bonds. The molecule has 378 valence electrons. The molecule has 4 aromatic carbocycles. The minimum atomic E-state index is -1.10. The van der Waals surface area contributed by atoms with E-state index < -0.39 is 41.2 Å². The summed E-state index contributed by atoms with van der Waals surface area (Å²) >= 11 is 3.34. The highest BCUT2D eigenvalue weighted by atomic mass is 79.9. The zero-order valence-electron chi connectivity index (χ0n) is 43.1. The predicted molar refractivity (Wildman–Crippen MR) is 281 cm³/mol. The zero-order chi connectivity index (χ0) is 53.2. The van der Waals surface area contributed by atoms with E-state index in [0.29, 0.717) is 34.8 Å². The van der Waals surface area contributed by atoms with Crippen molar-refractivity contribution in [2.45, 2.75) is 130 Å². The van der Waals surface area contributed by atoms with Gasteiger partial charge in [-0.25, -0.2) is 34.3 Å². The Hall–Kier alpha value is -7.13. The van der Waals surface area contributed by atoms with E-state index in [-0.39, 0.29) is 34.6 Å². The van der Waals surface area contributed by atoms with E-state index >= 15 is 0 Å². The molecule has 15 heteroatoms. The van der Waals surface area contributed by atoms with Crippen molar-refractivity contribution < 1.29 is 38.6 Å². The number of rotatable bonds is 13. The molecular weight excluding hydrogens is 977 g/mol. The molecule has 6 aromatic rings. The number of aromatic nitrogens is 4. The number of nitrogens with zero attached hydrogens (tertiary/aromatic N) is 4. The maximum Gasteiger partial charge on any atom is 0.338 e. The van der Waals surface area contributed by atoms with Crippen LogP contribution in [0.3, 0.4) is 0 Å². The lowest BCUT2D eigenvalue weighted by Gasteiger charge is -2.25. The highest BCUT2D eigenvalue weighted by molar-refractivity contribution is 9.10. The number of carbonyl (C=O) groups excluding carboxylic acids is 4. The average molecular weight is 1040 g/mol. The maximum absolute atomic E-state index is 13.0. The SMILES string of the molecule is CC(C)(C)OC(=O)[C@H](Cc1ccc(-c2ncc(Br)cn2)cc1)NC(=O)c1ccc(C(C)(C)C)cc1.CC(C)(C)OC(=O)[C@H](Cc1ccc(-c2ncc(C(=O)O)cn2)cc1)NC(=O)c1ccc(C(C)(C)C)cc1. The van der Waals surface area contributed by atoms with Crippen LogP contribution in [0.4, 0.5) is 0 Å². The van der Waals surface area contributed by atoms with Gasteiger partial charge in [0, 0.05) is 59.9 Å². The molecule has 0 bridgehead atoms.